The second kappa shape index (κ2) is 6.44. The van der Waals surface area contributed by atoms with Crippen molar-refractivity contribution in [1.82, 2.24) is 10.2 Å². The standard InChI is InChI=1S/C16H31N3O/c1-12-6-4-7-13(10-12)19(3)14-8-5-9-16(11-14,18-2)15(17)20/h12-14,18H,4-11H2,1-3H3,(H2,17,20). The molecule has 2 rings (SSSR count). The van der Waals surface area contributed by atoms with Crippen molar-refractivity contribution in [3.05, 3.63) is 0 Å². The highest BCUT2D eigenvalue weighted by Gasteiger charge is 2.42. The van der Waals surface area contributed by atoms with Crippen LogP contribution in [0.15, 0.2) is 0 Å². The van der Waals surface area contributed by atoms with Crippen LogP contribution in [-0.2, 0) is 4.79 Å². The maximum Gasteiger partial charge on any atom is 0.237 e. The van der Waals surface area contributed by atoms with Crippen LogP contribution in [0.3, 0.4) is 0 Å². The minimum atomic E-state index is -0.489. The third kappa shape index (κ3) is 3.17. The van der Waals surface area contributed by atoms with Crippen LogP contribution in [0.25, 0.3) is 0 Å². The Hall–Kier alpha value is -0.610. The van der Waals surface area contributed by atoms with Gasteiger partial charge in [0, 0.05) is 12.1 Å². The van der Waals surface area contributed by atoms with Crippen molar-refractivity contribution >= 4 is 5.91 Å². The molecule has 0 heterocycles. The molecule has 0 saturated heterocycles. The summed E-state index contributed by atoms with van der Waals surface area (Å²) in [6, 6.07) is 1.17. The quantitative estimate of drug-likeness (QED) is 0.827. The van der Waals surface area contributed by atoms with Crippen LogP contribution in [0.1, 0.15) is 58.3 Å². The Morgan fingerprint density at radius 3 is 2.55 bits per heavy atom. The lowest BCUT2D eigenvalue weighted by molar-refractivity contribution is -0.126. The topological polar surface area (TPSA) is 58.4 Å². The fourth-order valence-corrected chi connectivity index (χ4v) is 4.24. The van der Waals surface area contributed by atoms with Crippen LogP contribution < -0.4 is 11.1 Å². The molecule has 1 amide bonds. The van der Waals surface area contributed by atoms with Crippen LogP contribution in [0.4, 0.5) is 0 Å². The van der Waals surface area contributed by atoms with Gasteiger partial charge in [0.15, 0.2) is 0 Å². The molecular weight excluding hydrogens is 250 g/mol. The minimum Gasteiger partial charge on any atom is -0.368 e. The van der Waals surface area contributed by atoms with E-state index in [2.05, 4.69) is 24.2 Å². The summed E-state index contributed by atoms with van der Waals surface area (Å²) in [4.78, 5) is 14.4. The number of carbonyl (C=O) groups excluding carboxylic acids is 1. The van der Waals surface area contributed by atoms with Crippen molar-refractivity contribution in [2.24, 2.45) is 11.7 Å². The van der Waals surface area contributed by atoms with Gasteiger partial charge < -0.3 is 16.0 Å². The van der Waals surface area contributed by atoms with E-state index in [9.17, 15) is 4.79 Å². The summed E-state index contributed by atoms with van der Waals surface area (Å²) in [5.41, 5.74) is 5.17. The zero-order valence-electron chi connectivity index (χ0n) is 13.3. The molecular formula is C16H31N3O. The van der Waals surface area contributed by atoms with Crippen LogP contribution >= 0.6 is 0 Å². The summed E-state index contributed by atoms with van der Waals surface area (Å²) >= 11 is 0. The van der Waals surface area contributed by atoms with Crippen molar-refractivity contribution in [2.75, 3.05) is 14.1 Å². The van der Waals surface area contributed by atoms with E-state index in [-0.39, 0.29) is 5.91 Å². The predicted octanol–water partition coefficient (Wildman–Crippen LogP) is 1.88. The molecule has 4 heteroatoms. The predicted molar refractivity (Wildman–Crippen MR) is 82.4 cm³/mol. The number of hydrogen-bond donors (Lipinski definition) is 2. The first-order chi connectivity index (χ1) is 9.48. The van der Waals surface area contributed by atoms with Gasteiger partial charge >= 0.3 is 0 Å². The first-order valence-corrected chi connectivity index (χ1v) is 8.19. The molecule has 2 aliphatic carbocycles. The van der Waals surface area contributed by atoms with E-state index >= 15 is 0 Å². The van der Waals surface area contributed by atoms with E-state index in [0.717, 1.165) is 25.2 Å². The molecule has 0 aromatic carbocycles. The summed E-state index contributed by atoms with van der Waals surface area (Å²) in [5, 5.41) is 3.21. The van der Waals surface area contributed by atoms with Crippen LogP contribution in [0.5, 0.6) is 0 Å². The highest BCUT2D eigenvalue weighted by Crippen LogP contribution is 2.34. The van der Waals surface area contributed by atoms with Gasteiger partial charge in [-0.2, -0.15) is 0 Å². The fourth-order valence-electron chi connectivity index (χ4n) is 4.24. The Labute approximate surface area is 123 Å². The van der Waals surface area contributed by atoms with Crippen LogP contribution in [0, 0.1) is 5.92 Å². The van der Waals surface area contributed by atoms with E-state index in [1.54, 1.807) is 0 Å². The maximum absolute atomic E-state index is 11.8. The Morgan fingerprint density at radius 2 is 1.95 bits per heavy atom. The van der Waals surface area contributed by atoms with E-state index < -0.39 is 5.54 Å². The first kappa shape index (κ1) is 15.8. The number of nitrogens with zero attached hydrogens (tertiary/aromatic N) is 1. The monoisotopic (exact) mass is 281 g/mol. The lowest BCUT2D eigenvalue weighted by atomic mass is 9.76. The number of hydrogen-bond acceptors (Lipinski definition) is 3. The molecule has 20 heavy (non-hydrogen) atoms. The highest BCUT2D eigenvalue weighted by molar-refractivity contribution is 5.84. The number of carbonyl (C=O) groups is 1. The van der Waals surface area contributed by atoms with Crippen LogP contribution in [0.2, 0.25) is 0 Å². The average molecular weight is 281 g/mol. The second-order valence-corrected chi connectivity index (χ2v) is 7.04. The summed E-state index contributed by atoms with van der Waals surface area (Å²) in [6.07, 6.45) is 9.34. The second-order valence-electron chi connectivity index (χ2n) is 7.04. The first-order valence-electron chi connectivity index (χ1n) is 8.19. The lowest BCUT2D eigenvalue weighted by Crippen LogP contribution is -2.60. The van der Waals surface area contributed by atoms with Gasteiger partial charge in [-0.05, 0) is 58.5 Å². The van der Waals surface area contributed by atoms with Gasteiger partial charge in [0.05, 0.1) is 5.54 Å². The van der Waals surface area contributed by atoms with Gasteiger partial charge in [-0.3, -0.25) is 4.79 Å². The van der Waals surface area contributed by atoms with Gasteiger partial charge in [0.25, 0.3) is 0 Å². The summed E-state index contributed by atoms with van der Waals surface area (Å²) in [5.74, 6) is 0.653. The molecule has 2 aliphatic rings. The Bertz CT molecular complexity index is 347. The third-order valence-electron chi connectivity index (χ3n) is 5.74. The Balaban J connectivity index is 2.02. The van der Waals surface area contributed by atoms with Crippen molar-refractivity contribution < 1.29 is 4.79 Å². The largest absolute Gasteiger partial charge is 0.368 e. The van der Waals surface area contributed by atoms with Gasteiger partial charge in [-0.1, -0.05) is 19.8 Å². The maximum atomic E-state index is 11.8. The molecule has 0 bridgehead atoms. The Morgan fingerprint density at radius 1 is 1.25 bits per heavy atom. The molecule has 0 aliphatic heterocycles. The molecule has 2 saturated carbocycles. The van der Waals surface area contributed by atoms with E-state index in [1.165, 1.54) is 32.1 Å². The molecule has 0 aromatic rings. The molecule has 0 radical (unpaired) electrons. The minimum absolute atomic E-state index is 0.185. The molecule has 3 N–H and O–H groups in total. The normalized spacial score (nSPS) is 38.9. The zero-order valence-corrected chi connectivity index (χ0v) is 13.3. The number of nitrogens with two attached hydrogens (primary N) is 1. The van der Waals surface area contributed by atoms with Gasteiger partial charge in [-0.15, -0.1) is 0 Å². The smallest absolute Gasteiger partial charge is 0.237 e. The van der Waals surface area contributed by atoms with Crippen molar-refractivity contribution in [3.8, 4) is 0 Å². The Kier molecular flexibility index (Phi) is 5.08. The molecule has 4 nitrogen and oxygen atoms in total. The van der Waals surface area contributed by atoms with Gasteiger partial charge in [-0.25, -0.2) is 0 Å². The molecule has 0 aromatic heterocycles. The number of nitrogens with one attached hydrogen (secondary N) is 1. The number of likely N-dealkylation sites (N-methyl/N-ethyl adjacent to an activating group) is 1. The van der Waals surface area contributed by atoms with Crippen molar-refractivity contribution in [2.45, 2.75) is 75.9 Å². The molecule has 116 valence electrons. The van der Waals surface area contributed by atoms with Crippen molar-refractivity contribution in [1.29, 1.82) is 0 Å². The van der Waals surface area contributed by atoms with E-state index in [1.807, 2.05) is 7.05 Å². The van der Waals surface area contributed by atoms with Crippen molar-refractivity contribution in [3.63, 3.8) is 0 Å². The third-order valence-corrected chi connectivity index (χ3v) is 5.74. The number of primary amides is 1. The SMILES string of the molecule is CNC1(C(N)=O)CCCC(N(C)C2CCCC(C)C2)C1. The number of amides is 1. The fraction of sp³-hybridized carbons (Fsp3) is 0.938. The van der Waals surface area contributed by atoms with E-state index in [0.29, 0.717) is 12.1 Å². The highest BCUT2D eigenvalue weighted by atomic mass is 16.1. The molecule has 0 spiro atoms. The summed E-state index contributed by atoms with van der Waals surface area (Å²) in [7, 11) is 4.12. The molecule has 2 fully saturated rings. The van der Waals surface area contributed by atoms with Gasteiger partial charge in [0.2, 0.25) is 5.91 Å². The van der Waals surface area contributed by atoms with E-state index in [4.69, 9.17) is 5.73 Å². The molecule has 4 atom stereocenters. The van der Waals surface area contributed by atoms with Crippen LogP contribution in [-0.4, -0.2) is 42.5 Å². The summed E-state index contributed by atoms with van der Waals surface area (Å²) < 4.78 is 0. The zero-order chi connectivity index (χ0) is 14.8. The molecule has 4 unspecified atom stereocenters. The lowest BCUT2D eigenvalue weighted by Gasteiger charge is -2.45. The summed E-state index contributed by atoms with van der Waals surface area (Å²) in [6.45, 7) is 2.36. The average Bonchev–Trinajstić information content (AvgIpc) is 2.46. The number of rotatable bonds is 4. The van der Waals surface area contributed by atoms with Gasteiger partial charge in [0.1, 0.15) is 0 Å².